The quantitative estimate of drug-likeness (QED) is 0.879. The standard InChI is InChI=1S/C14H17NO2/c1-3-14(16,10-17-2)13-6-4-5-11-9-15-8-7-12(11)13/h4-9,16H,3,10H2,1-2H3. The van der Waals surface area contributed by atoms with E-state index in [1.165, 1.54) is 0 Å². The van der Waals surface area contributed by atoms with Gasteiger partial charge >= 0.3 is 0 Å². The van der Waals surface area contributed by atoms with Crippen molar-refractivity contribution in [1.82, 2.24) is 4.98 Å². The third kappa shape index (κ3) is 2.16. The van der Waals surface area contributed by atoms with Crippen LogP contribution in [0.4, 0.5) is 0 Å². The molecule has 0 radical (unpaired) electrons. The molecule has 17 heavy (non-hydrogen) atoms. The largest absolute Gasteiger partial charge is 0.383 e. The highest BCUT2D eigenvalue weighted by Gasteiger charge is 2.28. The predicted molar refractivity (Wildman–Crippen MR) is 67.8 cm³/mol. The highest BCUT2D eigenvalue weighted by atomic mass is 16.5. The number of ether oxygens (including phenoxy) is 1. The molecule has 0 amide bonds. The Kier molecular flexibility index (Phi) is 3.41. The van der Waals surface area contributed by atoms with Gasteiger partial charge in [-0.15, -0.1) is 0 Å². The molecule has 2 aromatic rings. The van der Waals surface area contributed by atoms with Crippen molar-refractivity contribution in [3.63, 3.8) is 0 Å². The molecule has 1 aromatic heterocycles. The molecule has 3 heteroatoms. The summed E-state index contributed by atoms with van der Waals surface area (Å²) in [7, 11) is 1.60. The van der Waals surface area contributed by atoms with Gasteiger partial charge in [-0.25, -0.2) is 0 Å². The molecule has 1 atom stereocenters. The number of fused-ring (bicyclic) bond motifs is 1. The van der Waals surface area contributed by atoms with E-state index in [9.17, 15) is 5.11 Å². The van der Waals surface area contributed by atoms with Crippen LogP contribution in [0.1, 0.15) is 18.9 Å². The number of aromatic nitrogens is 1. The molecular weight excluding hydrogens is 214 g/mol. The van der Waals surface area contributed by atoms with E-state index in [1.807, 2.05) is 37.4 Å². The van der Waals surface area contributed by atoms with Crippen molar-refractivity contribution in [2.45, 2.75) is 18.9 Å². The minimum Gasteiger partial charge on any atom is -0.383 e. The fraction of sp³-hybridized carbons (Fsp3) is 0.357. The maximum absolute atomic E-state index is 10.6. The normalized spacial score (nSPS) is 14.8. The molecule has 0 aliphatic rings. The van der Waals surface area contributed by atoms with Gasteiger partial charge in [0.1, 0.15) is 5.60 Å². The lowest BCUT2D eigenvalue weighted by Gasteiger charge is -2.27. The van der Waals surface area contributed by atoms with E-state index in [-0.39, 0.29) is 0 Å². The number of methoxy groups -OCH3 is 1. The zero-order valence-corrected chi connectivity index (χ0v) is 10.2. The van der Waals surface area contributed by atoms with Gasteiger partial charge in [0.05, 0.1) is 6.61 Å². The second kappa shape index (κ2) is 4.82. The summed E-state index contributed by atoms with van der Waals surface area (Å²) >= 11 is 0. The first-order valence-corrected chi connectivity index (χ1v) is 5.76. The van der Waals surface area contributed by atoms with Crippen LogP contribution in [-0.2, 0) is 10.3 Å². The van der Waals surface area contributed by atoms with Crippen LogP contribution in [0.3, 0.4) is 0 Å². The maximum Gasteiger partial charge on any atom is 0.113 e. The molecule has 0 saturated heterocycles. The number of pyridine rings is 1. The van der Waals surface area contributed by atoms with Crippen LogP contribution in [0.25, 0.3) is 10.8 Å². The Morgan fingerprint density at radius 3 is 2.88 bits per heavy atom. The van der Waals surface area contributed by atoms with Crippen molar-refractivity contribution in [2.75, 3.05) is 13.7 Å². The van der Waals surface area contributed by atoms with Crippen LogP contribution < -0.4 is 0 Å². The number of nitrogens with zero attached hydrogens (tertiary/aromatic N) is 1. The van der Waals surface area contributed by atoms with Gasteiger partial charge in [0.15, 0.2) is 0 Å². The molecule has 1 N–H and O–H groups in total. The molecule has 0 spiro atoms. The van der Waals surface area contributed by atoms with Crippen LogP contribution in [-0.4, -0.2) is 23.8 Å². The predicted octanol–water partition coefficient (Wildman–Crippen LogP) is 2.48. The van der Waals surface area contributed by atoms with Gasteiger partial charge in [-0.1, -0.05) is 25.1 Å². The molecule has 0 fully saturated rings. The Balaban J connectivity index is 2.61. The Morgan fingerprint density at radius 2 is 2.18 bits per heavy atom. The van der Waals surface area contributed by atoms with Crippen LogP contribution in [0.2, 0.25) is 0 Å². The zero-order chi connectivity index (χ0) is 12.3. The summed E-state index contributed by atoms with van der Waals surface area (Å²) in [6.07, 6.45) is 4.17. The van der Waals surface area contributed by atoms with Crippen LogP contribution in [0, 0.1) is 0 Å². The molecule has 0 saturated carbocycles. The number of benzene rings is 1. The Morgan fingerprint density at radius 1 is 1.35 bits per heavy atom. The lowest BCUT2D eigenvalue weighted by molar-refractivity contribution is -0.0375. The van der Waals surface area contributed by atoms with Gasteiger partial charge in [-0.3, -0.25) is 4.98 Å². The van der Waals surface area contributed by atoms with Gasteiger partial charge in [0.2, 0.25) is 0 Å². The van der Waals surface area contributed by atoms with Crippen LogP contribution in [0.15, 0.2) is 36.7 Å². The first-order chi connectivity index (χ1) is 8.21. The second-order valence-electron chi connectivity index (χ2n) is 4.22. The Labute approximate surface area is 101 Å². The van der Waals surface area contributed by atoms with Gasteiger partial charge in [-0.2, -0.15) is 0 Å². The summed E-state index contributed by atoms with van der Waals surface area (Å²) in [6, 6.07) is 7.82. The molecular formula is C14H17NO2. The lowest BCUT2D eigenvalue weighted by atomic mass is 9.88. The minimum atomic E-state index is -0.935. The van der Waals surface area contributed by atoms with Crippen molar-refractivity contribution >= 4 is 10.8 Å². The fourth-order valence-corrected chi connectivity index (χ4v) is 2.14. The lowest BCUT2D eigenvalue weighted by Crippen LogP contribution is -2.30. The van der Waals surface area contributed by atoms with E-state index in [0.717, 1.165) is 16.3 Å². The summed E-state index contributed by atoms with van der Waals surface area (Å²) in [4.78, 5) is 4.09. The number of hydrogen-bond acceptors (Lipinski definition) is 3. The highest BCUT2D eigenvalue weighted by Crippen LogP contribution is 2.31. The third-order valence-electron chi connectivity index (χ3n) is 3.15. The summed E-state index contributed by atoms with van der Waals surface area (Å²) in [6.45, 7) is 2.25. The van der Waals surface area contributed by atoms with Gasteiger partial charge in [0, 0.05) is 24.9 Å². The third-order valence-corrected chi connectivity index (χ3v) is 3.15. The summed E-state index contributed by atoms with van der Waals surface area (Å²) in [5.74, 6) is 0. The van der Waals surface area contributed by atoms with Crippen molar-refractivity contribution in [1.29, 1.82) is 0 Å². The van der Waals surface area contributed by atoms with Crippen molar-refractivity contribution in [2.24, 2.45) is 0 Å². The average molecular weight is 231 g/mol. The molecule has 1 unspecified atom stereocenters. The van der Waals surface area contributed by atoms with Crippen molar-refractivity contribution in [3.8, 4) is 0 Å². The van der Waals surface area contributed by atoms with E-state index in [1.54, 1.807) is 13.3 Å². The van der Waals surface area contributed by atoms with E-state index in [2.05, 4.69) is 4.98 Å². The molecule has 0 aliphatic heterocycles. The van der Waals surface area contributed by atoms with Gasteiger partial charge < -0.3 is 9.84 Å². The van der Waals surface area contributed by atoms with Gasteiger partial charge in [0.25, 0.3) is 0 Å². The SMILES string of the molecule is CCC(O)(COC)c1cccc2cnccc12. The van der Waals surface area contributed by atoms with Crippen LogP contribution >= 0.6 is 0 Å². The van der Waals surface area contributed by atoms with E-state index >= 15 is 0 Å². The molecule has 1 aromatic carbocycles. The van der Waals surface area contributed by atoms with Gasteiger partial charge in [-0.05, 0) is 23.4 Å². The Hall–Kier alpha value is -1.45. The summed E-state index contributed by atoms with van der Waals surface area (Å²) in [5, 5.41) is 12.7. The molecule has 90 valence electrons. The highest BCUT2D eigenvalue weighted by molar-refractivity contribution is 5.85. The molecule has 0 bridgehead atoms. The van der Waals surface area contributed by atoms with E-state index < -0.39 is 5.60 Å². The second-order valence-corrected chi connectivity index (χ2v) is 4.22. The zero-order valence-electron chi connectivity index (χ0n) is 10.2. The molecule has 0 aliphatic carbocycles. The summed E-state index contributed by atoms with van der Waals surface area (Å²) < 4.78 is 5.14. The fourth-order valence-electron chi connectivity index (χ4n) is 2.14. The smallest absolute Gasteiger partial charge is 0.113 e. The molecule has 3 nitrogen and oxygen atoms in total. The first-order valence-electron chi connectivity index (χ1n) is 5.76. The van der Waals surface area contributed by atoms with Crippen molar-refractivity contribution < 1.29 is 9.84 Å². The number of rotatable bonds is 4. The van der Waals surface area contributed by atoms with Crippen molar-refractivity contribution in [3.05, 3.63) is 42.2 Å². The number of aliphatic hydroxyl groups is 1. The first kappa shape index (κ1) is 12.0. The molecule has 1 heterocycles. The molecule has 2 rings (SSSR count). The Bertz CT molecular complexity index is 507. The number of hydrogen-bond donors (Lipinski definition) is 1. The van der Waals surface area contributed by atoms with Crippen LogP contribution in [0.5, 0.6) is 0 Å². The van der Waals surface area contributed by atoms with E-state index in [0.29, 0.717) is 13.0 Å². The summed E-state index contributed by atoms with van der Waals surface area (Å²) in [5.41, 5.74) is -0.0305. The van der Waals surface area contributed by atoms with E-state index in [4.69, 9.17) is 4.74 Å². The monoisotopic (exact) mass is 231 g/mol. The topological polar surface area (TPSA) is 42.4 Å². The maximum atomic E-state index is 10.6. The minimum absolute atomic E-state index is 0.297. The average Bonchev–Trinajstić information content (AvgIpc) is 2.38.